The van der Waals surface area contributed by atoms with E-state index in [2.05, 4.69) is 20.4 Å². The molecule has 1 fully saturated rings. The Bertz CT molecular complexity index is 1110. The summed E-state index contributed by atoms with van der Waals surface area (Å²) in [4.78, 5) is 29.8. The normalized spacial score (nSPS) is 18.6. The molecule has 0 bridgehead atoms. The van der Waals surface area contributed by atoms with Gasteiger partial charge in [0, 0.05) is 44.1 Å². The van der Waals surface area contributed by atoms with Crippen molar-refractivity contribution in [1.29, 1.82) is 0 Å². The Morgan fingerprint density at radius 3 is 2.31 bits per heavy atom. The van der Waals surface area contributed by atoms with Crippen molar-refractivity contribution in [2.75, 3.05) is 59.0 Å². The highest BCUT2D eigenvalue weighted by atomic mass is 19.1. The monoisotopic (exact) mass is 484 g/mol. The molecule has 0 aromatic heterocycles. The van der Waals surface area contributed by atoms with Crippen molar-refractivity contribution in [3.63, 3.8) is 0 Å². The van der Waals surface area contributed by atoms with Gasteiger partial charge in [-0.15, -0.1) is 0 Å². The van der Waals surface area contributed by atoms with Crippen LogP contribution in [-0.4, -0.2) is 71.0 Å². The number of benzene rings is 2. The summed E-state index contributed by atoms with van der Waals surface area (Å²) >= 11 is 0. The number of methoxy groups -OCH3 is 3. The van der Waals surface area contributed by atoms with Gasteiger partial charge in [-0.1, -0.05) is 6.07 Å². The lowest BCUT2D eigenvalue weighted by Crippen LogP contribution is -2.51. The van der Waals surface area contributed by atoms with Crippen LogP contribution < -0.4 is 25.0 Å². The van der Waals surface area contributed by atoms with Crippen LogP contribution >= 0.6 is 0 Å². The molecule has 0 saturated carbocycles. The van der Waals surface area contributed by atoms with Crippen LogP contribution in [0.3, 0.4) is 0 Å². The highest BCUT2D eigenvalue weighted by Gasteiger charge is 2.35. The highest BCUT2D eigenvalue weighted by molar-refractivity contribution is 5.95. The first-order chi connectivity index (χ1) is 16.9. The molecule has 1 saturated heterocycles. The smallest absolute Gasteiger partial charge is 0.338 e. The molecule has 4 rings (SSSR count). The Hall–Kier alpha value is -3.79. The minimum absolute atomic E-state index is 0.264. The number of esters is 1. The van der Waals surface area contributed by atoms with Gasteiger partial charge in [0.1, 0.15) is 5.82 Å². The molecule has 9 nitrogen and oxygen atoms in total. The van der Waals surface area contributed by atoms with Crippen LogP contribution in [-0.2, 0) is 9.53 Å². The van der Waals surface area contributed by atoms with Crippen LogP contribution in [0.2, 0.25) is 0 Å². The molecule has 2 amide bonds. The Kier molecular flexibility index (Phi) is 7.40. The number of hydrogen-bond donors (Lipinski definition) is 2. The van der Waals surface area contributed by atoms with E-state index in [1.165, 1.54) is 33.5 Å². The van der Waals surface area contributed by atoms with E-state index in [-0.39, 0.29) is 5.82 Å². The van der Waals surface area contributed by atoms with Crippen molar-refractivity contribution < 1.29 is 28.2 Å². The average Bonchev–Trinajstić information content (AvgIpc) is 2.88. The Labute approximate surface area is 203 Å². The van der Waals surface area contributed by atoms with E-state index in [1.54, 1.807) is 30.3 Å². The summed E-state index contributed by atoms with van der Waals surface area (Å²) in [6, 6.07) is 10.6. The van der Waals surface area contributed by atoms with Crippen molar-refractivity contribution in [1.82, 2.24) is 15.5 Å². The quantitative estimate of drug-likeness (QED) is 0.584. The summed E-state index contributed by atoms with van der Waals surface area (Å²) in [5.41, 5.74) is 2.46. The first-order valence-electron chi connectivity index (χ1n) is 11.3. The molecule has 0 spiro atoms. The second-order valence-corrected chi connectivity index (χ2v) is 8.27. The number of amides is 2. The zero-order valence-corrected chi connectivity index (χ0v) is 20.0. The number of carbonyl (C=O) groups is 2. The molecule has 0 unspecified atom stereocenters. The molecule has 2 aliphatic rings. The van der Waals surface area contributed by atoms with E-state index in [4.69, 9.17) is 14.2 Å². The van der Waals surface area contributed by atoms with Gasteiger partial charge < -0.3 is 29.7 Å². The van der Waals surface area contributed by atoms with Gasteiger partial charge in [-0.3, -0.25) is 4.90 Å². The Morgan fingerprint density at radius 2 is 1.69 bits per heavy atom. The maximum Gasteiger partial charge on any atom is 0.338 e. The van der Waals surface area contributed by atoms with Crippen molar-refractivity contribution in [2.45, 2.75) is 6.04 Å². The van der Waals surface area contributed by atoms with E-state index >= 15 is 0 Å². The fourth-order valence-electron chi connectivity index (χ4n) is 4.42. The molecule has 2 heterocycles. The number of nitrogens with one attached hydrogen (secondary N) is 2. The molecular weight excluding hydrogens is 455 g/mol. The number of rotatable bonds is 7. The van der Waals surface area contributed by atoms with Crippen molar-refractivity contribution >= 4 is 17.7 Å². The molecule has 2 aromatic carbocycles. The summed E-state index contributed by atoms with van der Waals surface area (Å²) in [5.74, 6) is 0.234. The number of anilines is 1. The molecule has 1 atom stereocenters. The van der Waals surface area contributed by atoms with Crippen LogP contribution in [0.4, 0.5) is 14.9 Å². The van der Waals surface area contributed by atoms with Crippen LogP contribution in [0.15, 0.2) is 53.7 Å². The Morgan fingerprint density at radius 1 is 1.00 bits per heavy atom. The van der Waals surface area contributed by atoms with E-state index < -0.39 is 18.0 Å². The van der Waals surface area contributed by atoms with Gasteiger partial charge in [-0.2, -0.15) is 0 Å². The lowest BCUT2D eigenvalue weighted by Gasteiger charge is -2.38. The standard InChI is InChI=1S/C25H29FN4O5/c1-33-20-9-4-16(14-21(20)34-2)23-22(24(31)35-3)19(27-25(32)28-23)15-29-10-12-30(13-11-29)18-7-5-17(26)6-8-18/h4-9,14,23H,10-13,15H2,1-3H3,(H2,27,28,32)/t23-/m0/s1. The summed E-state index contributed by atoms with van der Waals surface area (Å²) in [5, 5.41) is 5.63. The number of piperazine rings is 1. The van der Waals surface area contributed by atoms with Crippen molar-refractivity contribution in [3.8, 4) is 11.5 Å². The van der Waals surface area contributed by atoms with Crippen LogP contribution in [0.1, 0.15) is 11.6 Å². The van der Waals surface area contributed by atoms with Crippen molar-refractivity contribution in [3.05, 3.63) is 65.1 Å². The average molecular weight is 485 g/mol. The van der Waals surface area contributed by atoms with Gasteiger partial charge in [0.15, 0.2) is 11.5 Å². The molecule has 0 aliphatic carbocycles. The first kappa shape index (κ1) is 24.3. The first-order valence-corrected chi connectivity index (χ1v) is 11.3. The summed E-state index contributed by atoms with van der Waals surface area (Å²) < 4.78 is 29.0. The third-order valence-corrected chi connectivity index (χ3v) is 6.25. The van der Waals surface area contributed by atoms with Crippen LogP contribution in [0, 0.1) is 5.82 Å². The molecule has 35 heavy (non-hydrogen) atoms. The number of nitrogens with zero attached hydrogens (tertiary/aromatic N) is 2. The highest BCUT2D eigenvalue weighted by Crippen LogP contribution is 2.34. The fraction of sp³-hybridized carbons (Fsp3) is 0.360. The molecule has 10 heteroatoms. The maximum absolute atomic E-state index is 13.3. The lowest BCUT2D eigenvalue weighted by molar-refractivity contribution is -0.136. The Balaban J connectivity index is 1.57. The second-order valence-electron chi connectivity index (χ2n) is 8.27. The molecule has 2 N–H and O–H groups in total. The topological polar surface area (TPSA) is 92.4 Å². The SMILES string of the molecule is COC(=O)C1=C(CN2CCN(c3ccc(F)cc3)CC2)NC(=O)N[C@H]1c1ccc(OC)c(OC)c1. The molecule has 186 valence electrons. The minimum Gasteiger partial charge on any atom is -0.493 e. The van der Waals surface area contributed by atoms with E-state index in [1.807, 2.05) is 0 Å². The number of ether oxygens (including phenoxy) is 3. The number of hydrogen-bond acceptors (Lipinski definition) is 7. The third-order valence-electron chi connectivity index (χ3n) is 6.25. The van der Waals surface area contributed by atoms with E-state index in [0.29, 0.717) is 48.0 Å². The van der Waals surface area contributed by atoms with Gasteiger partial charge in [0.2, 0.25) is 0 Å². The number of urea groups is 1. The van der Waals surface area contributed by atoms with Gasteiger partial charge in [0.25, 0.3) is 0 Å². The van der Waals surface area contributed by atoms with Gasteiger partial charge in [-0.05, 0) is 42.0 Å². The summed E-state index contributed by atoms with van der Waals surface area (Å²) in [6.45, 7) is 3.26. The fourth-order valence-corrected chi connectivity index (χ4v) is 4.42. The zero-order valence-electron chi connectivity index (χ0n) is 20.0. The molecule has 0 radical (unpaired) electrons. The summed E-state index contributed by atoms with van der Waals surface area (Å²) in [7, 11) is 4.38. The van der Waals surface area contributed by atoms with E-state index in [0.717, 1.165) is 18.8 Å². The molecule has 2 aliphatic heterocycles. The lowest BCUT2D eigenvalue weighted by atomic mass is 9.94. The predicted molar refractivity (Wildman–Crippen MR) is 128 cm³/mol. The molecule has 2 aromatic rings. The summed E-state index contributed by atoms with van der Waals surface area (Å²) in [6.07, 6.45) is 0. The third kappa shape index (κ3) is 5.32. The number of carbonyl (C=O) groups excluding carboxylic acids is 2. The minimum atomic E-state index is -0.716. The largest absolute Gasteiger partial charge is 0.493 e. The van der Waals surface area contributed by atoms with Crippen molar-refractivity contribution in [2.24, 2.45) is 0 Å². The van der Waals surface area contributed by atoms with E-state index in [9.17, 15) is 14.0 Å². The van der Waals surface area contributed by atoms with Gasteiger partial charge in [0.05, 0.1) is 32.9 Å². The van der Waals surface area contributed by atoms with Gasteiger partial charge in [-0.25, -0.2) is 14.0 Å². The zero-order chi connectivity index (χ0) is 24.9. The second kappa shape index (κ2) is 10.6. The predicted octanol–water partition coefficient (Wildman–Crippen LogP) is 2.45. The van der Waals surface area contributed by atoms with Crippen LogP contribution in [0.25, 0.3) is 0 Å². The number of halogens is 1. The van der Waals surface area contributed by atoms with Crippen LogP contribution in [0.5, 0.6) is 11.5 Å². The molecular formula is C25H29FN4O5. The van der Waals surface area contributed by atoms with Gasteiger partial charge >= 0.3 is 12.0 Å². The maximum atomic E-state index is 13.3.